The maximum Gasteiger partial charge on any atom is 0.307 e. The van der Waals surface area contributed by atoms with Gasteiger partial charge in [-0.2, -0.15) is 0 Å². The lowest BCUT2D eigenvalue weighted by Crippen LogP contribution is -2.36. The lowest BCUT2D eigenvalue weighted by molar-refractivity contribution is -0.146. The van der Waals surface area contributed by atoms with Gasteiger partial charge in [0, 0.05) is 4.88 Å². The van der Waals surface area contributed by atoms with Gasteiger partial charge in [0.1, 0.15) is 5.00 Å². The van der Waals surface area contributed by atoms with Gasteiger partial charge < -0.3 is 16.2 Å². The Morgan fingerprint density at radius 3 is 2.46 bits per heavy atom. The number of rotatable bonds is 4. The number of aliphatic carboxylic acids is 1. The second-order valence-electron chi connectivity index (χ2n) is 7.46. The van der Waals surface area contributed by atoms with E-state index >= 15 is 0 Å². The topological polar surface area (TPSA) is 109 Å². The average molecular weight is 374 g/mol. The van der Waals surface area contributed by atoms with Crippen molar-refractivity contribution in [3.63, 3.8) is 0 Å². The summed E-state index contributed by atoms with van der Waals surface area (Å²) in [6.07, 6.45) is 9.46. The lowest BCUT2D eigenvalue weighted by atomic mass is 9.82. The number of nitrogens with one attached hydrogen (secondary N) is 1. The number of hydrogen-bond donors (Lipinski definition) is 3. The van der Waals surface area contributed by atoms with Crippen LogP contribution in [0.4, 0.5) is 5.00 Å². The van der Waals surface area contributed by atoms with Gasteiger partial charge in [-0.05, 0) is 49.5 Å². The molecule has 0 spiro atoms. The highest BCUT2D eigenvalue weighted by Gasteiger charge is 2.51. The lowest BCUT2D eigenvalue weighted by Gasteiger charge is -2.23. The van der Waals surface area contributed by atoms with Crippen molar-refractivity contribution in [2.75, 3.05) is 5.32 Å². The molecule has 3 aliphatic rings. The van der Waals surface area contributed by atoms with Crippen molar-refractivity contribution in [1.82, 2.24) is 0 Å². The summed E-state index contributed by atoms with van der Waals surface area (Å²) in [5.74, 6) is -3.18. The van der Waals surface area contributed by atoms with Gasteiger partial charge in [-0.25, -0.2) is 0 Å². The molecule has 1 aromatic heterocycles. The molecule has 1 heterocycles. The molecule has 138 valence electrons. The largest absolute Gasteiger partial charge is 0.481 e. The van der Waals surface area contributed by atoms with E-state index in [0.29, 0.717) is 17.0 Å². The molecule has 0 saturated heterocycles. The number of hydrogen-bond acceptors (Lipinski definition) is 4. The van der Waals surface area contributed by atoms with Crippen molar-refractivity contribution in [1.29, 1.82) is 0 Å². The van der Waals surface area contributed by atoms with Gasteiger partial charge in [0.25, 0.3) is 5.91 Å². The first-order chi connectivity index (χ1) is 12.5. The van der Waals surface area contributed by atoms with Crippen molar-refractivity contribution in [2.45, 2.75) is 38.5 Å². The van der Waals surface area contributed by atoms with E-state index in [4.69, 9.17) is 5.73 Å². The molecule has 1 saturated carbocycles. The van der Waals surface area contributed by atoms with Crippen molar-refractivity contribution in [3.8, 4) is 0 Å². The standard InChI is InChI=1S/C19H22N2O4S/c20-16(22)15-11-4-2-1-3-5-12(11)26-18(15)21-17(23)13-9-6-7-10(8-9)14(13)19(24)25/h6-7,9-10,13-14H,1-5,8H2,(H2,20,22)(H,21,23)(H,24,25)/t9-,10-,13+,14+/m0/s1. The van der Waals surface area contributed by atoms with Crippen LogP contribution in [0.1, 0.15) is 46.5 Å². The number of carbonyl (C=O) groups is 3. The number of nitrogens with two attached hydrogens (primary N) is 1. The summed E-state index contributed by atoms with van der Waals surface area (Å²) in [6.45, 7) is 0. The Kier molecular flexibility index (Phi) is 4.34. The molecule has 6 nitrogen and oxygen atoms in total. The Morgan fingerprint density at radius 1 is 1.08 bits per heavy atom. The van der Waals surface area contributed by atoms with Crippen LogP contribution in [-0.2, 0) is 22.4 Å². The summed E-state index contributed by atoms with van der Waals surface area (Å²) in [7, 11) is 0. The van der Waals surface area contributed by atoms with Crippen molar-refractivity contribution >= 4 is 34.1 Å². The SMILES string of the molecule is NC(=O)c1c(NC(=O)[C@H]2[C@H](C(=O)O)[C@H]3C=C[C@H]2C3)sc2c1CCCCC2. The number of allylic oxidation sites excluding steroid dienone is 2. The van der Waals surface area contributed by atoms with Gasteiger partial charge in [-0.1, -0.05) is 18.6 Å². The van der Waals surface area contributed by atoms with E-state index in [2.05, 4.69) is 5.32 Å². The molecule has 26 heavy (non-hydrogen) atoms. The number of carbonyl (C=O) groups excluding carboxylic acids is 2. The molecule has 0 aliphatic heterocycles. The molecule has 0 aromatic carbocycles. The van der Waals surface area contributed by atoms with Crippen LogP contribution in [0, 0.1) is 23.7 Å². The van der Waals surface area contributed by atoms with Crippen LogP contribution in [0.5, 0.6) is 0 Å². The fraction of sp³-hybridized carbons (Fsp3) is 0.526. The summed E-state index contributed by atoms with van der Waals surface area (Å²) in [6, 6.07) is 0. The molecule has 4 atom stereocenters. The van der Waals surface area contributed by atoms with Gasteiger partial charge in [0.05, 0.1) is 17.4 Å². The van der Waals surface area contributed by atoms with Gasteiger partial charge in [-0.15, -0.1) is 11.3 Å². The fourth-order valence-corrected chi connectivity index (χ4v) is 6.10. The summed E-state index contributed by atoms with van der Waals surface area (Å²) in [5.41, 5.74) is 7.00. The van der Waals surface area contributed by atoms with Gasteiger partial charge in [0.2, 0.25) is 5.91 Å². The van der Waals surface area contributed by atoms with E-state index in [1.54, 1.807) is 0 Å². The zero-order valence-corrected chi connectivity index (χ0v) is 15.2. The predicted molar refractivity (Wildman–Crippen MR) is 98.1 cm³/mol. The third-order valence-electron chi connectivity index (χ3n) is 5.95. The van der Waals surface area contributed by atoms with Gasteiger partial charge >= 0.3 is 5.97 Å². The van der Waals surface area contributed by atoms with Gasteiger partial charge in [0.15, 0.2) is 0 Å². The molecular formula is C19H22N2O4S. The normalized spacial score (nSPS) is 29.2. The second-order valence-corrected chi connectivity index (χ2v) is 8.57. The monoisotopic (exact) mass is 374 g/mol. The van der Waals surface area contributed by atoms with E-state index < -0.39 is 23.7 Å². The first-order valence-electron chi connectivity index (χ1n) is 9.13. The minimum absolute atomic E-state index is 0.0454. The molecule has 0 unspecified atom stereocenters. The maximum absolute atomic E-state index is 12.9. The molecular weight excluding hydrogens is 352 g/mol. The number of carboxylic acid groups (broad SMARTS) is 1. The number of anilines is 1. The molecule has 0 radical (unpaired) electrons. The van der Waals surface area contributed by atoms with Crippen LogP contribution in [-0.4, -0.2) is 22.9 Å². The fourth-order valence-electron chi connectivity index (χ4n) is 4.80. The first kappa shape index (κ1) is 17.3. The van der Waals surface area contributed by atoms with E-state index in [0.717, 1.165) is 42.5 Å². The second kappa shape index (κ2) is 6.54. The summed E-state index contributed by atoms with van der Waals surface area (Å²) in [4.78, 5) is 37.7. The smallest absolute Gasteiger partial charge is 0.307 e. The number of fused-ring (bicyclic) bond motifs is 3. The van der Waals surface area contributed by atoms with E-state index in [1.807, 2.05) is 12.2 Å². The number of amides is 2. The highest BCUT2D eigenvalue weighted by Crippen LogP contribution is 2.49. The molecule has 4 rings (SSSR count). The first-order valence-corrected chi connectivity index (χ1v) is 9.95. The van der Waals surface area contributed by atoms with Gasteiger partial charge in [-0.3, -0.25) is 14.4 Å². The van der Waals surface area contributed by atoms with Crippen LogP contribution >= 0.6 is 11.3 Å². The Labute approximate surface area is 155 Å². The van der Waals surface area contributed by atoms with E-state index in [9.17, 15) is 19.5 Å². The van der Waals surface area contributed by atoms with E-state index in [-0.39, 0.29) is 17.7 Å². The summed E-state index contributed by atoms with van der Waals surface area (Å²) >= 11 is 1.42. The summed E-state index contributed by atoms with van der Waals surface area (Å²) < 4.78 is 0. The average Bonchev–Trinajstić information content (AvgIpc) is 3.23. The molecule has 7 heteroatoms. The van der Waals surface area contributed by atoms with Crippen LogP contribution < -0.4 is 11.1 Å². The van der Waals surface area contributed by atoms with Crippen LogP contribution in [0.25, 0.3) is 0 Å². The Hall–Kier alpha value is -2.15. The van der Waals surface area contributed by atoms with Crippen molar-refractivity contribution in [2.24, 2.45) is 29.4 Å². The molecule has 2 amide bonds. The Bertz CT molecular complexity index is 813. The molecule has 3 aliphatic carbocycles. The maximum atomic E-state index is 12.9. The highest BCUT2D eigenvalue weighted by molar-refractivity contribution is 7.17. The number of thiophene rings is 1. The molecule has 1 fully saturated rings. The number of aryl methyl sites for hydroxylation is 1. The van der Waals surface area contributed by atoms with Crippen LogP contribution in [0.15, 0.2) is 12.2 Å². The zero-order chi connectivity index (χ0) is 18.4. The molecule has 2 bridgehead atoms. The quantitative estimate of drug-likeness (QED) is 0.556. The Morgan fingerprint density at radius 2 is 1.77 bits per heavy atom. The zero-order valence-electron chi connectivity index (χ0n) is 14.4. The Balaban J connectivity index is 1.63. The highest BCUT2D eigenvalue weighted by atomic mass is 32.1. The van der Waals surface area contributed by atoms with Crippen molar-refractivity contribution in [3.05, 3.63) is 28.2 Å². The van der Waals surface area contributed by atoms with Crippen LogP contribution in [0.3, 0.4) is 0 Å². The minimum Gasteiger partial charge on any atom is -0.481 e. The number of primary amides is 1. The predicted octanol–water partition coefficient (Wildman–Crippen LogP) is 2.58. The van der Waals surface area contributed by atoms with E-state index in [1.165, 1.54) is 11.3 Å². The third kappa shape index (κ3) is 2.74. The minimum atomic E-state index is -0.931. The summed E-state index contributed by atoms with van der Waals surface area (Å²) in [5, 5.41) is 12.9. The molecule has 4 N–H and O–H groups in total. The number of carboxylic acids is 1. The van der Waals surface area contributed by atoms with Crippen molar-refractivity contribution < 1.29 is 19.5 Å². The van der Waals surface area contributed by atoms with Crippen LogP contribution in [0.2, 0.25) is 0 Å². The third-order valence-corrected chi connectivity index (χ3v) is 7.16. The molecule has 1 aromatic rings.